The SMILES string of the molecule is N#CC1(CCOCc2ccccc2)CCCS1. The summed E-state index contributed by atoms with van der Waals surface area (Å²) in [4.78, 5) is 0. The molecule has 0 radical (unpaired) electrons. The monoisotopic (exact) mass is 247 g/mol. The zero-order valence-corrected chi connectivity index (χ0v) is 10.7. The molecule has 1 aliphatic rings. The van der Waals surface area contributed by atoms with Crippen LogP contribution in [0.3, 0.4) is 0 Å². The normalized spacial score (nSPS) is 23.5. The van der Waals surface area contributed by atoms with Gasteiger partial charge in [0, 0.05) is 6.61 Å². The van der Waals surface area contributed by atoms with Crippen molar-refractivity contribution < 1.29 is 4.74 Å². The average molecular weight is 247 g/mol. The van der Waals surface area contributed by atoms with Crippen molar-refractivity contribution in [1.29, 1.82) is 5.26 Å². The van der Waals surface area contributed by atoms with E-state index in [0.717, 1.165) is 25.0 Å². The summed E-state index contributed by atoms with van der Waals surface area (Å²) in [5.41, 5.74) is 1.19. The third-order valence-electron chi connectivity index (χ3n) is 3.07. The zero-order valence-electron chi connectivity index (χ0n) is 9.89. The molecule has 2 nitrogen and oxygen atoms in total. The second-order valence-corrected chi connectivity index (χ2v) is 5.82. The van der Waals surface area contributed by atoms with E-state index in [1.165, 1.54) is 5.56 Å². The van der Waals surface area contributed by atoms with Crippen molar-refractivity contribution in [3.63, 3.8) is 0 Å². The van der Waals surface area contributed by atoms with Crippen LogP contribution in [0.25, 0.3) is 0 Å². The molecule has 3 heteroatoms. The molecule has 1 fully saturated rings. The highest BCUT2D eigenvalue weighted by Crippen LogP contribution is 2.40. The van der Waals surface area contributed by atoms with Gasteiger partial charge in [-0.15, -0.1) is 11.8 Å². The summed E-state index contributed by atoms with van der Waals surface area (Å²) in [5.74, 6) is 1.12. The summed E-state index contributed by atoms with van der Waals surface area (Å²) >= 11 is 1.79. The van der Waals surface area contributed by atoms with Crippen LogP contribution >= 0.6 is 11.8 Å². The molecule has 1 saturated heterocycles. The van der Waals surface area contributed by atoms with Crippen molar-refractivity contribution in [2.45, 2.75) is 30.6 Å². The van der Waals surface area contributed by atoms with Crippen LogP contribution in [0.1, 0.15) is 24.8 Å². The van der Waals surface area contributed by atoms with E-state index in [2.05, 4.69) is 18.2 Å². The minimum Gasteiger partial charge on any atom is -0.377 e. The molecule has 0 aromatic heterocycles. The van der Waals surface area contributed by atoms with E-state index in [1.54, 1.807) is 11.8 Å². The minimum atomic E-state index is -0.170. The van der Waals surface area contributed by atoms with Gasteiger partial charge in [-0.2, -0.15) is 5.26 Å². The van der Waals surface area contributed by atoms with Crippen LogP contribution in [-0.4, -0.2) is 17.1 Å². The number of hydrogen-bond acceptors (Lipinski definition) is 3. The summed E-state index contributed by atoms with van der Waals surface area (Å²) in [5, 5.41) is 9.21. The molecule has 0 saturated carbocycles. The fourth-order valence-electron chi connectivity index (χ4n) is 2.04. The van der Waals surface area contributed by atoms with Gasteiger partial charge < -0.3 is 4.74 Å². The molecule has 17 heavy (non-hydrogen) atoms. The third kappa shape index (κ3) is 3.49. The quantitative estimate of drug-likeness (QED) is 0.748. The van der Waals surface area contributed by atoms with Crippen molar-refractivity contribution in [3.8, 4) is 6.07 Å². The smallest absolute Gasteiger partial charge is 0.105 e. The Labute approximate surface area is 107 Å². The molecule has 1 atom stereocenters. The van der Waals surface area contributed by atoms with Gasteiger partial charge in [0.2, 0.25) is 0 Å². The second kappa shape index (κ2) is 6.09. The van der Waals surface area contributed by atoms with Gasteiger partial charge in [0.1, 0.15) is 4.75 Å². The average Bonchev–Trinajstić information content (AvgIpc) is 2.85. The van der Waals surface area contributed by atoms with Gasteiger partial charge >= 0.3 is 0 Å². The van der Waals surface area contributed by atoms with Crippen molar-refractivity contribution in [2.75, 3.05) is 12.4 Å². The fraction of sp³-hybridized carbons (Fsp3) is 0.500. The van der Waals surface area contributed by atoms with Gasteiger partial charge in [0.05, 0.1) is 12.7 Å². The Morgan fingerprint density at radius 1 is 1.35 bits per heavy atom. The lowest BCUT2D eigenvalue weighted by atomic mass is 10.0. The Bertz CT molecular complexity index is 379. The van der Waals surface area contributed by atoms with Crippen molar-refractivity contribution in [1.82, 2.24) is 0 Å². The molecular weight excluding hydrogens is 230 g/mol. The van der Waals surface area contributed by atoms with Crippen LogP contribution in [0.4, 0.5) is 0 Å². The van der Waals surface area contributed by atoms with E-state index in [4.69, 9.17) is 4.74 Å². The molecule has 2 rings (SSSR count). The van der Waals surface area contributed by atoms with Gasteiger partial charge in [0.15, 0.2) is 0 Å². The van der Waals surface area contributed by atoms with E-state index >= 15 is 0 Å². The van der Waals surface area contributed by atoms with Gasteiger partial charge in [-0.1, -0.05) is 30.3 Å². The molecule has 90 valence electrons. The summed E-state index contributed by atoms with van der Waals surface area (Å²) in [6.07, 6.45) is 3.03. The number of ether oxygens (including phenoxy) is 1. The van der Waals surface area contributed by atoms with E-state index in [0.29, 0.717) is 13.2 Å². The highest BCUT2D eigenvalue weighted by Gasteiger charge is 2.34. The predicted molar refractivity (Wildman–Crippen MR) is 70.8 cm³/mol. The first-order valence-electron chi connectivity index (χ1n) is 6.02. The molecule has 0 spiro atoms. The van der Waals surface area contributed by atoms with Crippen LogP contribution in [-0.2, 0) is 11.3 Å². The first kappa shape index (κ1) is 12.5. The fourth-order valence-corrected chi connectivity index (χ4v) is 3.30. The summed E-state index contributed by atoms with van der Waals surface area (Å²) in [7, 11) is 0. The zero-order chi connectivity index (χ0) is 12.0. The highest BCUT2D eigenvalue weighted by atomic mass is 32.2. The van der Waals surface area contributed by atoms with Gasteiger partial charge in [-0.3, -0.25) is 0 Å². The number of benzene rings is 1. The predicted octanol–water partition coefficient (Wildman–Crippen LogP) is 3.38. The molecule has 0 aliphatic carbocycles. The maximum atomic E-state index is 9.21. The summed E-state index contributed by atoms with van der Waals surface area (Å²) in [6, 6.07) is 12.6. The number of nitrogens with zero attached hydrogens (tertiary/aromatic N) is 1. The van der Waals surface area contributed by atoms with Crippen LogP contribution in [0.2, 0.25) is 0 Å². The lowest BCUT2D eigenvalue weighted by Crippen LogP contribution is -2.20. The van der Waals surface area contributed by atoms with E-state index in [-0.39, 0.29) is 4.75 Å². The maximum absolute atomic E-state index is 9.21. The van der Waals surface area contributed by atoms with Gasteiger partial charge in [-0.25, -0.2) is 0 Å². The third-order valence-corrected chi connectivity index (χ3v) is 4.61. The van der Waals surface area contributed by atoms with E-state index in [9.17, 15) is 5.26 Å². The Kier molecular flexibility index (Phi) is 4.47. The highest BCUT2D eigenvalue weighted by molar-refractivity contribution is 8.01. The number of hydrogen-bond donors (Lipinski definition) is 0. The van der Waals surface area contributed by atoms with Crippen LogP contribution in [0.5, 0.6) is 0 Å². The lowest BCUT2D eigenvalue weighted by Gasteiger charge is -2.18. The van der Waals surface area contributed by atoms with E-state index < -0.39 is 0 Å². The number of rotatable bonds is 5. The maximum Gasteiger partial charge on any atom is 0.105 e. The molecule has 0 bridgehead atoms. The van der Waals surface area contributed by atoms with Crippen LogP contribution in [0.15, 0.2) is 30.3 Å². The molecule has 1 aliphatic heterocycles. The second-order valence-electron chi connectivity index (χ2n) is 4.35. The Hall–Kier alpha value is -0.980. The molecule has 1 aromatic rings. The molecule has 0 N–H and O–H groups in total. The van der Waals surface area contributed by atoms with Crippen molar-refractivity contribution >= 4 is 11.8 Å². The summed E-state index contributed by atoms with van der Waals surface area (Å²) in [6.45, 7) is 1.32. The Morgan fingerprint density at radius 3 is 2.82 bits per heavy atom. The lowest BCUT2D eigenvalue weighted by molar-refractivity contribution is 0.114. The first-order chi connectivity index (χ1) is 8.35. The standard InChI is InChI=1S/C14H17NOS/c15-12-14(7-4-10-17-14)8-9-16-11-13-5-2-1-3-6-13/h1-3,5-6H,4,7-11H2. The van der Waals surface area contributed by atoms with Gasteiger partial charge in [0.25, 0.3) is 0 Å². The molecule has 1 aromatic carbocycles. The van der Waals surface area contributed by atoms with E-state index in [1.807, 2.05) is 18.2 Å². The van der Waals surface area contributed by atoms with Crippen LogP contribution < -0.4 is 0 Å². The first-order valence-corrected chi connectivity index (χ1v) is 7.00. The topological polar surface area (TPSA) is 33.0 Å². The van der Waals surface area contributed by atoms with Crippen LogP contribution in [0, 0.1) is 11.3 Å². The Balaban J connectivity index is 1.71. The summed E-state index contributed by atoms with van der Waals surface area (Å²) < 4.78 is 5.47. The largest absolute Gasteiger partial charge is 0.377 e. The van der Waals surface area contributed by atoms with Crippen molar-refractivity contribution in [2.24, 2.45) is 0 Å². The molecule has 0 amide bonds. The minimum absolute atomic E-state index is 0.170. The Morgan fingerprint density at radius 2 is 2.18 bits per heavy atom. The van der Waals surface area contributed by atoms with Gasteiger partial charge in [-0.05, 0) is 30.6 Å². The molecule has 1 heterocycles. The number of thioether (sulfide) groups is 1. The van der Waals surface area contributed by atoms with Crippen molar-refractivity contribution in [3.05, 3.63) is 35.9 Å². The molecule has 1 unspecified atom stereocenters. The number of nitriles is 1. The molecular formula is C14H17NOS.